The molecule has 6 unspecified atom stereocenters. The van der Waals surface area contributed by atoms with Crippen molar-refractivity contribution in [1.29, 1.82) is 0 Å². The van der Waals surface area contributed by atoms with E-state index >= 15 is 0 Å². The third-order valence-corrected chi connectivity index (χ3v) is 18.3. The normalized spacial score (nSPS) is 32.7. The fourth-order valence-electron chi connectivity index (χ4n) is 7.31. The van der Waals surface area contributed by atoms with Gasteiger partial charge in [-0.2, -0.15) is 0 Å². The summed E-state index contributed by atoms with van der Waals surface area (Å²) in [6.07, 6.45) is -2.25. The van der Waals surface area contributed by atoms with Gasteiger partial charge in [-0.25, -0.2) is 34.2 Å². The molecule has 4 saturated heterocycles. The molecule has 12 atom stereocenters. The molecule has 4 aliphatic rings. The van der Waals surface area contributed by atoms with Crippen LogP contribution in [0, 0.1) is 0 Å². The Kier molecular flexibility index (Phi) is 10.8. The maximum absolute atomic E-state index is 13.1. The van der Waals surface area contributed by atoms with Gasteiger partial charge in [0.15, 0.2) is 58.8 Å². The maximum atomic E-state index is 13.1. The van der Waals surface area contributed by atoms with Crippen LogP contribution in [0.1, 0.15) is 40.2 Å². The Morgan fingerprint density at radius 1 is 0.610 bits per heavy atom. The average Bonchev–Trinajstić information content (AvgIpc) is 3.93. The molecule has 8 N–H and O–H groups in total. The zero-order valence-corrected chi connectivity index (χ0v) is 35.0. The van der Waals surface area contributed by atoms with Gasteiger partial charge in [-0.15, -0.1) is 0 Å². The predicted octanol–water partition coefficient (Wildman–Crippen LogP) is 1.37. The van der Waals surface area contributed by atoms with E-state index in [2.05, 4.69) is 34.2 Å². The van der Waals surface area contributed by atoms with Crippen LogP contribution in [0.4, 0.5) is 11.6 Å². The molecule has 0 spiro atoms. The summed E-state index contributed by atoms with van der Waals surface area (Å²) < 4.78 is 106. The third kappa shape index (κ3) is 8.77. The van der Waals surface area contributed by atoms with E-state index in [1.54, 1.807) is 27.7 Å². The van der Waals surface area contributed by atoms with Crippen molar-refractivity contribution in [2.45, 2.75) is 88.3 Å². The molecular weight excluding hydrogens is 872 g/mol. The molecule has 4 fully saturated rings. The summed E-state index contributed by atoms with van der Waals surface area (Å²) in [6.45, 7) is 5.16. The zero-order chi connectivity index (χ0) is 42.5. The number of hydrogen-bond donors (Lipinski definition) is 6. The highest BCUT2D eigenvalue weighted by molar-refractivity contribution is 7.78. The van der Waals surface area contributed by atoms with Crippen molar-refractivity contribution in [1.82, 2.24) is 39.0 Å². The Labute approximate surface area is 332 Å². The molecule has 31 heteroatoms. The monoisotopic (exact) mass is 912 g/mol. The number of nitrogen functional groups attached to an aromatic ring is 2. The van der Waals surface area contributed by atoms with Crippen LogP contribution in [0.15, 0.2) is 25.3 Å². The molecular formula is C28H40N10O17P4. The van der Waals surface area contributed by atoms with Gasteiger partial charge in [0.25, 0.3) is 0 Å². The third-order valence-electron chi connectivity index (χ3n) is 9.42. The molecule has 4 aromatic rings. The van der Waals surface area contributed by atoms with Crippen LogP contribution in [0.2, 0.25) is 0 Å². The lowest BCUT2D eigenvalue weighted by atomic mass is 10.1. The second-order valence-electron chi connectivity index (χ2n) is 14.9. The van der Waals surface area contributed by atoms with E-state index in [1.807, 2.05) is 0 Å². The first-order valence-electron chi connectivity index (χ1n) is 17.6. The summed E-state index contributed by atoms with van der Waals surface area (Å²) in [5, 5.41) is 0. The van der Waals surface area contributed by atoms with Crippen LogP contribution in [0.3, 0.4) is 0 Å². The van der Waals surface area contributed by atoms with Crippen molar-refractivity contribution < 1.29 is 79.6 Å². The lowest BCUT2D eigenvalue weighted by Crippen LogP contribution is -2.32. The van der Waals surface area contributed by atoms with Crippen molar-refractivity contribution in [3.8, 4) is 0 Å². The van der Waals surface area contributed by atoms with Crippen molar-refractivity contribution >= 4 is 64.3 Å². The molecule has 0 radical (unpaired) electrons. The molecule has 8 heterocycles. The van der Waals surface area contributed by atoms with E-state index in [-0.39, 0.29) is 22.7 Å². The van der Waals surface area contributed by atoms with Crippen LogP contribution in [0.5, 0.6) is 0 Å². The summed E-state index contributed by atoms with van der Waals surface area (Å²) in [5.41, 5.74) is 13.0. The molecule has 59 heavy (non-hydrogen) atoms. The Bertz CT molecular complexity index is 2310. The predicted molar refractivity (Wildman–Crippen MR) is 197 cm³/mol. The topological polar surface area (TPSA) is 372 Å². The largest absolute Gasteiger partial charge is 0.382 e. The van der Waals surface area contributed by atoms with Crippen molar-refractivity contribution in [2.24, 2.45) is 0 Å². The van der Waals surface area contributed by atoms with E-state index in [9.17, 15) is 37.8 Å². The average molecular weight is 913 g/mol. The Hall–Kier alpha value is -2.90. The van der Waals surface area contributed by atoms with E-state index in [4.69, 9.17) is 48.9 Å². The van der Waals surface area contributed by atoms with Crippen LogP contribution >= 0.6 is 30.4 Å². The smallest absolute Gasteiger partial charge is 0.347 e. The Morgan fingerprint density at radius 3 is 1.37 bits per heavy atom. The number of imidazole rings is 2. The lowest BCUT2D eigenvalue weighted by molar-refractivity contribution is -0.199. The van der Waals surface area contributed by atoms with Gasteiger partial charge in [-0.3, -0.25) is 27.4 Å². The lowest BCUT2D eigenvalue weighted by Gasteiger charge is -2.25. The quantitative estimate of drug-likeness (QED) is 0.0973. The van der Waals surface area contributed by atoms with Crippen molar-refractivity contribution in [3.63, 3.8) is 0 Å². The van der Waals surface area contributed by atoms with Gasteiger partial charge in [0.05, 0.1) is 25.9 Å². The minimum atomic E-state index is -5.50. The fraction of sp³-hybridized carbons (Fsp3) is 0.643. The number of aromatic nitrogens is 8. The fourth-order valence-corrected chi connectivity index (χ4v) is 15.3. The summed E-state index contributed by atoms with van der Waals surface area (Å²) in [6, 6.07) is 0. The first-order valence-corrected chi connectivity index (χ1v) is 24.6. The molecule has 0 aromatic carbocycles. The molecule has 8 rings (SSSR count). The van der Waals surface area contributed by atoms with Crippen LogP contribution in [0.25, 0.3) is 22.3 Å². The summed E-state index contributed by atoms with van der Waals surface area (Å²) in [7, 11) is -21.2. The molecule has 27 nitrogen and oxygen atoms in total. The van der Waals surface area contributed by atoms with Gasteiger partial charge >= 0.3 is 30.4 Å². The Morgan fingerprint density at radius 2 is 0.983 bits per heavy atom. The zero-order valence-electron chi connectivity index (χ0n) is 31.4. The van der Waals surface area contributed by atoms with Gasteiger partial charge in [-0.1, -0.05) is 0 Å². The number of rotatable bonds is 14. The second kappa shape index (κ2) is 14.9. The highest BCUT2D eigenvalue weighted by Gasteiger charge is 2.58. The van der Waals surface area contributed by atoms with Gasteiger partial charge in [-0.05, 0) is 27.7 Å². The van der Waals surface area contributed by atoms with Crippen LogP contribution in [-0.2, 0) is 60.0 Å². The van der Waals surface area contributed by atoms with Gasteiger partial charge in [0.2, 0.25) is 0 Å². The standard InChI is InChI=1S/C28H40N10O17P4/c1-27(2)51-17-13(49-25(19(17)53-27)37-9-35-15-21(29)31-7-33-23(15)37)5-47-56(39,40)11-58(43,44)55-59(45,46)12-57(41,42)48-6-14-18-20(54-28(3,4)52-18)26(50-14)38-10-36-16-22(30)32-8-34-24(16)38/h7-10,13-14,17-20,25-26H,5-6,11-12H2,1-4H3,(H,39,40)(H,41,42)(H,43,44)(H,45,46)(H2,29,31,33)(H2,30,32,34)/t13-,14-,17+,18+,19?,20?,25-,26-/m1/s1. The molecule has 324 valence electrons. The van der Waals surface area contributed by atoms with Crippen molar-refractivity contribution in [3.05, 3.63) is 25.3 Å². The van der Waals surface area contributed by atoms with Crippen molar-refractivity contribution in [2.75, 3.05) is 36.5 Å². The number of ether oxygens (including phenoxy) is 6. The molecule has 4 aromatic heterocycles. The minimum absolute atomic E-state index is 0.110. The molecule has 0 bridgehead atoms. The number of nitrogens with zero attached hydrogens (tertiary/aromatic N) is 8. The molecule has 0 aliphatic carbocycles. The van der Waals surface area contributed by atoms with E-state index in [0.29, 0.717) is 11.3 Å². The van der Waals surface area contributed by atoms with Gasteiger partial charge in [0.1, 0.15) is 60.3 Å². The Balaban J connectivity index is 0.880. The maximum Gasteiger partial charge on any atom is 0.347 e. The molecule has 4 aliphatic heterocycles. The summed E-state index contributed by atoms with van der Waals surface area (Å²) >= 11 is 0. The SMILES string of the molecule is CC1(C)OC2[C@@H](O1)[C@@H](COP(=O)(O)CP(=O)(O)OP(=O)(O)CP(=O)(O)OC[C@H]1O[C@@H](n3cnc4c(N)ncnc43)C3OC(C)(C)O[C@H]31)O[C@H]2n1cnc2c(N)ncnc21. The number of anilines is 2. The minimum Gasteiger partial charge on any atom is -0.382 e. The van der Waals surface area contributed by atoms with E-state index in [0.717, 1.165) is 0 Å². The summed E-state index contributed by atoms with van der Waals surface area (Å²) in [4.78, 5) is 66.7. The first-order chi connectivity index (χ1) is 27.4. The van der Waals surface area contributed by atoms with E-state index < -0.39 is 116 Å². The van der Waals surface area contributed by atoms with Gasteiger partial charge in [0, 0.05) is 0 Å². The van der Waals surface area contributed by atoms with E-state index in [1.165, 1.54) is 34.4 Å². The number of nitrogens with two attached hydrogens (primary N) is 2. The highest BCUT2D eigenvalue weighted by Crippen LogP contribution is 2.69. The molecule has 0 saturated carbocycles. The number of fused-ring (bicyclic) bond motifs is 4. The molecule has 0 amide bonds. The highest BCUT2D eigenvalue weighted by atomic mass is 31.3. The summed E-state index contributed by atoms with van der Waals surface area (Å²) in [5.74, 6) is -5.41. The first kappa shape index (κ1) is 42.8. The van der Waals surface area contributed by atoms with Crippen LogP contribution in [-0.4, -0.2) is 132 Å². The second-order valence-corrected chi connectivity index (χ2v) is 23.5. The number of hydrogen-bond acceptors (Lipinski definition) is 21. The van der Waals surface area contributed by atoms with Gasteiger partial charge < -0.3 is 68.5 Å². The van der Waals surface area contributed by atoms with Crippen LogP contribution < -0.4 is 11.5 Å².